The lowest BCUT2D eigenvalue weighted by atomic mass is 9.98. The second-order valence-electron chi connectivity index (χ2n) is 6.89. The van der Waals surface area contributed by atoms with Gasteiger partial charge in [0.25, 0.3) is 5.69 Å². The smallest absolute Gasteiger partial charge is 0.250 e. The van der Waals surface area contributed by atoms with E-state index in [1.54, 1.807) is 30.3 Å². The van der Waals surface area contributed by atoms with Crippen LogP contribution in [0, 0.1) is 5.21 Å². The molecule has 4 rings (SSSR count). The molecule has 0 aliphatic rings. The molecule has 0 spiro atoms. The fraction of sp³-hybridized carbons (Fsp3) is 0.130. The molecule has 0 aliphatic heterocycles. The van der Waals surface area contributed by atoms with Gasteiger partial charge in [-0.3, -0.25) is 0 Å². The van der Waals surface area contributed by atoms with Gasteiger partial charge in [-0.15, -0.1) is 0 Å². The fourth-order valence-electron chi connectivity index (χ4n) is 3.26. The summed E-state index contributed by atoms with van der Waals surface area (Å²) in [4.78, 5) is 4.72. The van der Waals surface area contributed by atoms with E-state index in [0.717, 1.165) is 10.3 Å². The molecule has 1 N–H and O–H groups in total. The van der Waals surface area contributed by atoms with Gasteiger partial charge in [-0.05, 0) is 41.8 Å². The maximum Gasteiger partial charge on any atom is 0.250 e. The van der Waals surface area contributed by atoms with Crippen LogP contribution < -0.4 is 4.73 Å². The highest BCUT2D eigenvalue weighted by Gasteiger charge is 2.23. The van der Waals surface area contributed by atoms with Crippen molar-refractivity contribution in [3.63, 3.8) is 0 Å². The summed E-state index contributed by atoms with van der Waals surface area (Å²) in [6.45, 7) is 4.27. The summed E-state index contributed by atoms with van der Waals surface area (Å²) in [6.07, 6.45) is 0. The summed E-state index contributed by atoms with van der Waals surface area (Å²) >= 11 is 0. The summed E-state index contributed by atoms with van der Waals surface area (Å²) in [6, 6.07) is 22.1. The van der Waals surface area contributed by atoms with E-state index < -0.39 is 0 Å². The molecule has 0 radical (unpaired) electrons. The molecule has 0 atom stereocenters. The molecular formula is C23H20N2O2. The minimum absolute atomic E-state index is 0.0975. The van der Waals surface area contributed by atoms with Crippen LogP contribution in [0.25, 0.3) is 33.5 Å². The van der Waals surface area contributed by atoms with Crippen LogP contribution in [0.4, 0.5) is 0 Å². The molecule has 4 nitrogen and oxygen atoms in total. The molecule has 0 saturated heterocycles. The third-order valence-corrected chi connectivity index (χ3v) is 4.77. The Morgan fingerprint density at radius 2 is 1.56 bits per heavy atom. The lowest BCUT2D eigenvalue weighted by Gasteiger charge is -2.14. The zero-order valence-electron chi connectivity index (χ0n) is 15.3. The predicted octanol–water partition coefficient (Wildman–Crippen LogP) is 5.03. The van der Waals surface area contributed by atoms with E-state index in [-0.39, 0.29) is 5.75 Å². The minimum atomic E-state index is 0.0975. The molecule has 1 heterocycles. The Kier molecular flexibility index (Phi) is 4.24. The quantitative estimate of drug-likeness (QED) is 0.414. The maximum atomic E-state index is 13.2. The van der Waals surface area contributed by atoms with Gasteiger partial charge in [0, 0.05) is 17.2 Å². The first kappa shape index (κ1) is 17.0. The van der Waals surface area contributed by atoms with Crippen molar-refractivity contribution < 1.29 is 9.84 Å². The Balaban J connectivity index is 2.04. The highest BCUT2D eigenvalue weighted by molar-refractivity contribution is 5.84. The van der Waals surface area contributed by atoms with Gasteiger partial charge < -0.3 is 10.3 Å². The van der Waals surface area contributed by atoms with Crippen LogP contribution in [-0.4, -0.2) is 10.1 Å². The van der Waals surface area contributed by atoms with E-state index >= 15 is 0 Å². The highest BCUT2D eigenvalue weighted by atomic mass is 16.5. The normalized spacial score (nSPS) is 11.2. The molecule has 0 saturated carbocycles. The van der Waals surface area contributed by atoms with Gasteiger partial charge in [0.15, 0.2) is 0 Å². The summed E-state index contributed by atoms with van der Waals surface area (Å²) in [5.74, 6) is 0.506. The highest BCUT2D eigenvalue weighted by Crippen LogP contribution is 2.35. The SMILES string of the molecule is CC(C)c1ccc(-c2c(-c3ccccc3O)nc3ccccc3[n+]2[O-])cc1. The second kappa shape index (κ2) is 6.72. The third-order valence-electron chi connectivity index (χ3n) is 4.77. The molecule has 0 amide bonds. The number of aromatic nitrogens is 2. The number of phenolic OH excluding ortho intramolecular Hbond substituents is 1. The molecule has 0 fully saturated rings. The van der Waals surface area contributed by atoms with Crippen molar-refractivity contribution >= 4 is 11.0 Å². The van der Waals surface area contributed by atoms with Crippen molar-refractivity contribution in [3.8, 4) is 28.3 Å². The van der Waals surface area contributed by atoms with Crippen molar-refractivity contribution in [2.45, 2.75) is 19.8 Å². The van der Waals surface area contributed by atoms with Crippen molar-refractivity contribution in [2.75, 3.05) is 0 Å². The van der Waals surface area contributed by atoms with E-state index in [1.165, 1.54) is 5.56 Å². The van der Waals surface area contributed by atoms with Crippen LogP contribution in [0.5, 0.6) is 5.75 Å². The van der Waals surface area contributed by atoms with Gasteiger partial charge >= 0.3 is 0 Å². The Morgan fingerprint density at radius 3 is 2.26 bits per heavy atom. The van der Waals surface area contributed by atoms with Crippen molar-refractivity contribution in [1.82, 2.24) is 4.98 Å². The van der Waals surface area contributed by atoms with Crippen LogP contribution in [0.3, 0.4) is 0 Å². The first-order valence-electron chi connectivity index (χ1n) is 8.97. The number of para-hydroxylation sites is 3. The lowest BCUT2D eigenvalue weighted by Crippen LogP contribution is -2.31. The maximum absolute atomic E-state index is 13.2. The van der Waals surface area contributed by atoms with E-state index in [4.69, 9.17) is 4.98 Å². The van der Waals surface area contributed by atoms with E-state index in [1.807, 2.05) is 42.5 Å². The zero-order chi connectivity index (χ0) is 19.0. The third kappa shape index (κ3) is 2.99. The number of phenols is 1. The van der Waals surface area contributed by atoms with Gasteiger partial charge in [0.05, 0.1) is 0 Å². The predicted molar refractivity (Wildman–Crippen MR) is 107 cm³/mol. The Bertz CT molecular complexity index is 1120. The number of hydrogen-bond acceptors (Lipinski definition) is 3. The largest absolute Gasteiger partial charge is 0.618 e. The van der Waals surface area contributed by atoms with Crippen molar-refractivity contribution in [3.05, 3.63) is 83.6 Å². The molecule has 0 bridgehead atoms. The standard InChI is InChI=1S/C23H20N2O2/c1-15(2)16-11-13-17(14-12-16)23-22(18-7-3-6-10-21(18)26)24-19-8-4-5-9-20(19)25(23)27/h3-15,26H,1-2H3. The topological polar surface area (TPSA) is 60.1 Å². The number of benzene rings is 3. The number of rotatable bonds is 3. The minimum Gasteiger partial charge on any atom is -0.618 e. The van der Waals surface area contributed by atoms with Crippen LogP contribution in [0.2, 0.25) is 0 Å². The molecule has 0 aliphatic carbocycles. The van der Waals surface area contributed by atoms with Gasteiger partial charge in [0.2, 0.25) is 5.52 Å². The van der Waals surface area contributed by atoms with Crippen LogP contribution in [0.15, 0.2) is 72.8 Å². The van der Waals surface area contributed by atoms with E-state index in [2.05, 4.69) is 13.8 Å². The lowest BCUT2D eigenvalue weighted by molar-refractivity contribution is -0.564. The fourth-order valence-corrected chi connectivity index (χ4v) is 3.26. The molecule has 0 unspecified atom stereocenters. The molecule has 27 heavy (non-hydrogen) atoms. The van der Waals surface area contributed by atoms with Gasteiger partial charge in [-0.25, -0.2) is 4.98 Å². The first-order chi connectivity index (χ1) is 13.1. The number of nitrogens with zero attached hydrogens (tertiary/aromatic N) is 2. The zero-order valence-corrected chi connectivity index (χ0v) is 15.3. The average molecular weight is 356 g/mol. The summed E-state index contributed by atoms with van der Waals surface area (Å²) in [7, 11) is 0. The van der Waals surface area contributed by atoms with Crippen LogP contribution in [-0.2, 0) is 0 Å². The molecule has 3 aromatic carbocycles. The first-order valence-corrected chi connectivity index (χ1v) is 8.97. The van der Waals surface area contributed by atoms with Gasteiger partial charge in [-0.1, -0.05) is 50.2 Å². The van der Waals surface area contributed by atoms with E-state index in [9.17, 15) is 10.3 Å². The Labute approximate surface area is 158 Å². The second-order valence-corrected chi connectivity index (χ2v) is 6.89. The average Bonchev–Trinajstić information content (AvgIpc) is 2.68. The van der Waals surface area contributed by atoms with Crippen molar-refractivity contribution in [2.24, 2.45) is 0 Å². The summed E-state index contributed by atoms with van der Waals surface area (Å²) < 4.78 is 0.911. The monoisotopic (exact) mass is 356 g/mol. The van der Waals surface area contributed by atoms with E-state index in [0.29, 0.717) is 33.9 Å². The van der Waals surface area contributed by atoms with Crippen LogP contribution in [0.1, 0.15) is 25.3 Å². The number of hydrogen-bond donors (Lipinski definition) is 1. The van der Waals surface area contributed by atoms with Gasteiger partial charge in [-0.2, -0.15) is 4.73 Å². The van der Waals surface area contributed by atoms with Crippen molar-refractivity contribution in [1.29, 1.82) is 0 Å². The Morgan fingerprint density at radius 1 is 0.889 bits per heavy atom. The van der Waals surface area contributed by atoms with Gasteiger partial charge in [0.1, 0.15) is 17.0 Å². The summed E-state index contributed by atoms with van der Waals surface area (Å²) in [5.41, 5.74) is 4.51. The number of fused-ring (bicyclic) bond motifs is 1. The molecule has 4 aromatic rings. The molecule has 4 heteroatoms. The summed E-state index contributed by atoms with van der Waals surface area (Å²) in [5, 5.41) is 23.6. The number of aromatic hydroxyl groups is 1. The molecule has 1 aromatic heterocycles. The molecule has 134 valence electrons. The Hall–Kier alpha value is -3.40. The molecular weight excluding hydrogens is 336 g/mol. The van der Waals surface area contributed by atoms with Crippen LogP contribution >= 0.6 is 0 Å².